The Balaban J connectivity index is 1.33. The Morgan fingerprint density at radius 3 is 2.62 bits per heavy atom. The fourth-order valence-electron chi connectivity index (χ4n) is 4.49. The number of hydrogen-bond donors (Lipinski definition) is 0. The number of carbonyl (C=O) groups excluding carboxylic acids is 1. The zero-order valence-corrected chi connectivity index (χ0v) is 19.2. The molecular weight excluding hydrogens is 428 g/mol. The maximum Gasteiger partial charge on any atom is 0.241 e. The molecule has 1 saturated heterocycles. The van der Waals surface area contributed by atoms with Gasteiger partial charge in [-0.2, -0.15) is 4.98 Å². The van der Waals surface area contributed by atoms with Crippen molar-refractivity contribution in [3.63, 3.8) is 0 Å². The average Bonchev–Trinajstić information content (AvgIpc) is 3.42. The number of pyridine rings is 1. The van der Waals surface area contributed by atoms with Crippen LogP contribution in [0.15, 0.2) is 36.7 Å². The molecule has 3 atom stereocenters. The molecule has 5 rings (SSSR count). The van der Waals surface area contributed by atoms with Crippen molar-refractivity contribution in [3.05, 3.63) is 47.4 Å². The second-order valence-corrected chi connectivity index (χ2v) is 9.17. The van der Waals surface area contributed by atoms with Crippen LogP contribution in [0.25, 0.3) is 11.0 Å². The molecule has 1 aliphatic heterocycles. The lowest BCUT2D eigenvalue weighted by molar-refractivity contribution is -0.129. The van der Waals surface area contributed by atoms with Crippen molar-refractivity contribution in [2.24, 2.45) is 5.92 Å². The Labute approximate surface area is 192 Å². The summed E-state index contributed by atoms with van der Waals surface area (Å²) in [6, 6.07) is 10.1. The van der Waals surface area contributed by atoms with E-state index in [1.54, 1.807) is 13.2 Å². The van der Waals surface area contributed by atoms with E-state index in [1.807, 2.05) is 42.4 Å². The van der Waals surface area contributed by atoms with Crippen LogP contribution in [-0.2, 0) is 4.79 Å². The highest BCUT2D eigenvalue weighted by Gasteiger charge is 2.37. The van der Waals surface area contributed by atoms with Gasteiger partial charge in [0.15, 0.2) is 0 Å². The van der Waals surface area contributed by atoms with Gasteiger partial charge in [-0.1, -0.05) is 23.7 Å². The molecule has 7 nitrogen and oxygen atoms in total. The molecule has 1 amide bonds. The molecule has 8 heteroatoms. The third-order valence-corrected chi connectivity index (χ3v) is 6.84. The lowest BCUT2D eigenvalue weighted by Gasteiger charge is -2.26. The third kappa shape index (κ3) is 3.90. The number of rotatable bonds is 7. The smallest absolute Gasteiger partial charge is 0.241 e. The summed E-state index contributed by atoms with van der Waals surface area (Å²) < 4.78 is 13.7. The van der Waals surface area contributed by atoms with Crippen molar-refractivity contribution in [1.29, 1.82) is 0 Å². The molecule has 0 radical (unpaired) electrons. The van der Waals surface area contributed by atoms with Gasteiger partial charge in [0.2, 0.25) is 11.8 Å². The predicted molar refractivity (Wildman–Crippen MR) is 122 cm³/mol. The maximum absolute atomic E-state index is 12.9. The highest BCUT2D eigenvalue weighted by molar-refractivity contribution is 6.30. The summed E-state index contributed by atoms with van der Waals surface area (Å²) in [5.41, 5.74) is 2.76. The predicted octanol–water partition coefficient (Wildman–Crippen LogP) is 4.81. The summed E-state index contributed by atoms with van der Waals surface area (Å²) in [4.78, 5) is 23.7. The molecule has 1 saturated carbocycles. The summed E-state index contributed by atoms with van der Waals surface area (Å²) in [6.45, 7) is 4.70. The Morgan fingerprint density at radius 1 is 1.19 bits per heavy atom. The number of aromatic nitrogens is 3. The number of methoxy groups -OCH3 is 1. The molecule has 0 bridgehead atoms. The summed E-state index contributed by atoms with van der Waals surface area (Å²) >= 11 is 6.24. The number of fused-ring (bicyclic) bond motifs is 1. The van der Waals surface area contributed by atoms with Gasteiger partial charge in [0.1, 0.15) is 22.5 Å². The van der Waals surface area contributed by atoms with E-state index in [0.29, 0.717) is 30.0 Å². The number of imidazole rings is 1. The van der Waals surface area contributed by atoms with E-state index < -0.39 is 0 Å². The standard InChI is InChI=1S/C24H27ClN4O3/c1-14(16-4-8-19(31-3)9-5-16)28-12-17(10-22(28)30)15(2)32-24-23-20(11-21(25)27-24)26-13-29(23)18-6-7-18/h4-5,8-9,11,13-15,17-18H,6-7,10,12H2,1-3H3/t14-,15-,17-/m1/s1. The first kappa shape index (κ1) is 21.1. The van der Waals surface area contributed by atoms with Crippen LogP contribution in [0.1, 0.15) is 50.8 Å². The van der Waals surface area contributed by atoms with Gasteiger partial charge in [0, 0.05) is 31.0 Å². The maximum atomic E-state index is 12.9. The Morgan fingerprint density at radius 2 is 1.94 bits per heavy atom. The van der Waals surface area contributed by atoms with E-state index in [1.165, 1.54) is 0 Å². The molecule has 1 aliphatic carbocycles. The highest BCUT2D eigenvalue weighted by Crippen LogP contribution is 2.40. The Kier molecular flexibility index (Phi) is 5.45. The number of benzene rings is 1. The van der Waals surface area contributed by atoms with E-state index in [-0.39, 0.29) is 24.0 Å². The molecule has 32 heavy (non-hydrogen) atoms. The molecule has 168 valence electrons. The molecule has 0 spiro atoms. The first-order chi connectivity index (χ1) is 15.4. The first-order valence-electron chi connectivity index (χ1n) is 11.1. The molecule has 2 fully saturated rings. The quantitative estimate of drug-likeness (QED) is 0.479. The zero-order valence-electron chi connectivity index (χ0n) is 18.5. The van der Waals surface area contributed by atoms with Gasteiger partial charge in [-0.05, 0) is 44.4 Å². The van der Waals surface area contributed by atoms with E-state index in [4.69, 9.17) is 21.1 Å². The monoisotopic (exact) mass is 454 g/mol. The van der Waals surface area contributed by atoms with Gasteiger partial charge in [-0.15, -0.1) is 0 Å². The van der Waals surface area contributed by atoms with Crippen molar-refractivity contribution >= 4 is 28.5 Å². The van der Waals surface area contributed by atoms with E-state index >= 15 is 0 Å². The Hall–Kier alpha value is -2.80. The first-order valence-corrected chi connectivity index (χ1v) is 11.5. The number of hydrogen-bond acceptors (Lipinski definition) is 5. The molecule has 2 aliphatic rings. The van der Waals surface area contributed by atoms with Crippen molar-refractivity contribution in [3.8, 4) is 11.6 Å². The van der Waals surface area contributed by atoms with Gasteiger partial charge in [0.05, 0.1) is 25.0 Å². The zero-order chi connectivity index (χ0) is 22.4. The van der Waals surface area contributed by atoms with Crippen LogP contribution >= 0.6 is 11.6 Å². The number of ether oxygens (including phenoxy) is 2. The largest absolute Gasteiger partial charge is 0.497 e. The van der Waals surface area contributed by atoms with Gasteiger partial charge in [-0.25, -0.2) is 4.98 Å². The SMILES string of the molecule is COc1ccc([C@@H](C)N2C[C@H]([C@@H](C)Oc3nc(Cl)cc4ncn(C5CC5)c34)CC2=O)cc1. The second-order valence-electron chi connectivity index (χ2n) is 8.78. The van der Waals surface area contributed by atoms with Crippen LogP contribution in [0.4, 0.5) is 0 Å². The summed E-state index contributed by atoms with van der Waals surface area (Å²) in [5.74, 6) is 1.51. The van der Waals surface area contributed by atoms with Gasteiger partial charge in [0.25, 0.3) is 0 Å². The third-order valence-electron chi connectivity index (χ3n) is 6.64. The minimum absolute atomic E-state index is 0.0158. The van der Waals surface area contributed by atoms with Crippen LogP contribution in [0.2, 0.25) is 5.15 Å². The minimum atomic E-state index is -0.191. The summed E-state index contributed by atoms with van der Waals surface area (Å²) in [6.07, 6.45) is 4.38. The van der Waals surface area contributed by atoms with Gasteiger partial charge < -0.3 is 18.9 Å². The lowest BCUT2D eigenvalue weighted by Crippen LogP contribution is -2.31. The average molecular weight is 455 g/mol. The van der Waals surface area contributed by atoms with Crippen LogP contribution in [-0.4, -0.2) is 45.1 Å². The van der Waals surface area contributed by atoms with E-state index in [2.05, 4.69) is 21.5 Å². The van der Waals surface area contributed by atoms with Crippen LogP contribution in [0, 0.1) is 5.92 Å². The molecular formula is C24H27ClN4O3. The lowest BCUT2D eigenvalue weighted by atomic mass is 10.0. The van der Waals surface area contributed by atoms with Crippen molar-refractivity contribution < 1.29 is 14.3 Å². The Bertz CT molecular complexity index is 1140. The summed E-state index contributed by atoms with van der Waals surface area (Å²) in [5, 5.41) is 0.359. The van der Waals surface area contributed by atoms with Crippen molar-refractivity contribution in [1.82, 2.24) is 19.4 Å². The molecule has 3 heterocycles. The number of halogens is 1. The molecule has 2 aromatic heterocycles. The summed E-state index contributed by atoms with van der Waals surface area (Å²) in [7, 11) is 1.65. The van der Waals surface area contributed by atoms with E-state index in [0.717, 1.165) is 35.2 Å². The van der Waals surface area contributed by atoms with Crippen molar-refractivity contribution in [2.75, 3.05) is 13.7 Å². The fourth-order valence-corrected chi connectivity index (χ4v) is 4.67. The van der Waals surface area contributed by atoms with E-state index in [9.17, 15) is 4.79 Å². The molecule has 0 N–H and O–H groups in total. The van der Waals surface area contributed by atoms with Crippen molar-refractivity contribution in [2.45, 2.75) is 51.3 Å². The number of likely N-dealkylation sites (tertiary alicyclic amines) is 1. The van der Waals surface area contributed by atoms with Crippen LogP contribution in [0.3, 0.4) is 0 Å². The van der Waals surface area contributed by atoms with Crippen LogP contribution < -0.4 is 9.47 Å². The molecule has 1 aromatic carbocycles. The van der Waals surface area contributed by atoms with Gasteiger partial charge >= 0.3 is 0 Å². The highest BCUT2D eigenvalue weighted by atomic mass is 35.5. The fraction of sp³-hybridized carbons (Fsp3) is 0.458. The van der Waals surface area contributed by atoms with Gasteiger partial charge in [-0.3, -0.25) is 4.79 Å². The number of nitrogens with zero attached hydrogens (tertiary/aromatic N) is 4. The number of amides is 1. The normalized spacial score (nSPS) is 20.6. The molecule has 0 unspecified atom stereocenters. The number of carbonyl (C=O) groups is 1. The van der Waals surface area contributed by atoms with Crippen LogP contribution in [0.5, 0.6) is 11.6 Å². The molecule has 3 aromatic rings. The second kappa shape index (κ2) is 8.28. The minimum Gasteiger partial charge on any atom is -0.497 e. The topological polar surface area (TPSA) is 69.5 Å².